The molecule has 0 aliphatic carbocycles. The van der Waals surface area contributed by atoms with Gasteiger partial charge in [-0.05, 0) is 63.1 Å². The number of halogens is 5. The lowest BCUT2D eigenvalue weighted by Crippen LogP contribution is -2.29. The largest absolute Gasteiger partial charge is 0.444 e. The molecular weight excluding hydrogens is 578 g/mol. The Bertz CT molecular complexity index is 1680. The summed E-state index contributed by atoms with van der Waals surface area (Å²) in [6.07, 6.45) is -2.48. The molecule has 0 saturated carbocycles. The van der Waals surface area contributed by atoms with E-state index >= 15 is 0 Å². The zero-order valence-electron chi connectivity index (χ0n) is 22.8. The fourth-order valence-electron chi connectivity index (χ4n) is 4.87. The summed E-state index contributed by atoms with van der Waals surface area (Å²) >= 11 is 6.51. The number of aromatic nitrogens is 3. The van der Waals surface area contributed by atoms with E-state index < -0.39 is 40.8 Å². The monoisotopic (exact) mass is 603 g/mol. The number of amides is 2. The first kappa shape index (κ1) is 29.3. The van der Waals surface area contributed by atoms with E-state index in [1.165, 1.54) is 41.6 Å². The molecule has 0 bridgehead atoms. The van der Waals surface area contributed by atoms with Gasteiger partial charge in [-0.2, -0.15) is 13.2 Å². The van der Waals surface area contributed by atoms with Crippen LogP contribution in [0.4, 0.5) is 28.2 Å². The maximum Gasteiger partial charge on any atom is 0.420 e. The molecule has 2 amide bonds. The number of anilines is 1. The Morgan fingerprint density at radius 2 is 1.88 bits per heavy atom. The molecule has 1 saturated heterocycles. The van der Waals surface area contributed by atoms with Crippen molar-refractivity contribution in [1.82, 2.24) is 19.3 Å². The zero-order valence-corrected chi connectivity index (χ0v) is 23.6. The zero-order chi connectivity index (χ0) is 30.4. The highest BCUT2D eigenvalue weighted by Crippen LogP contribution is 2.39. The van der Waals surface area contributed by atoms with Gasteiger partial charge in [-0.25, -0.2) is 19.2 Å². The standard InChI is InChI=1S/C29H26ClF4N5O3/c1-28(2,3)42-27(41)37-24-20(8-5-10-35-24)18-13-21(29(32,33)34)25-36-22(23(30)39(25)15-18)26(40)38-11-9-17(14-38)16-6-4-7-19(31)12-16/h4-8,10,12-13,15,17H,9,11,14H2,1-3H3,(H,35,37,41). The van der Waals surface area contributed by atoms with Crippen LogP contribution in [0.3, 0.4) is 0 Å². The van der Waals surface area contributed by atoms with Gasteiger partial charge in [-0.3, -0.25) is 14.5 Å². The number of benzene rings is 1. The molecule has 42 heavy (non-hydrogen) atoms. The van der Waals surface area contributed by atoms with Gasteiger partial charge in [0.05, 0.1) is 5.56 Å². The minimum Gasteiger partial charge on any atom is -0.444 e. The summed E-state index contributed by atoms with van der Waals surface area (Å²) in [4.78, 5) is 35.4. The first-order chi connectivity index (χ1) is 19.7. The van der Waals surface area contributed by atoms with Gasteiger partial charge < -0.3 is 9.64 Å². The number of hydrogen-bond donors (Lipinski definition) is 1. The molecule has 8 nitrogen and oxygen atoms in total. The normalized spacial score (nSPS) is 15.7. The Morgan fingerprint density at radius 3 is 2.57 bits per heavy atom. The van der Waals surface area contributed by atoms with E-state index in [0.29, 0.717) is 13.0 Å². The van der Waals surface area contributed by atoms with Gasteiger partial charge in [0.15, 0.2) is 11.3 Å². The summed E-state index contributed by atoms with van der Waals surface area (Å²) in [7, 11) is 0. The van der Waals surface area contributed by atoms with E-state index in [4.69, 9.17) is 16.3 Å². The van der Waals surface area contributed by atoms with E-state index in [1.807, 2.05) is 0 Å². The third-order valence-electron chi connectivity index (χ3n) is 6.70. The average Bonchev–Trinajstić information content (AvgIpc) is 3.52. The first-order valence-electron chi connectivity index (χ1n) is 13.0. The van der Waals surface area contributed by atoms with Crippen molar-refractivity contribution in [3.05, 3.63) is 82.6 Å². The number of imidazole rings is 1. The smallest absolute Gasteiger partial charge is 0.420 e. The number of rotatable bonds is 4. The van der Waals surface area contributed by atoms with Crippen LogP contribution >= 0.6 is 11.6 Å². The average molecular weight is 604 g/mol. The SMILES string of the molecule is CC(C)(C)OC(=O)Nc1ncccc1-c1cc(C(F)(F)F)c2nc(C(=O)N3CCC(c4cccc(F)c4)C3)c(Cl)n2c1. The van der Waals surface area contributed by atoms with E-state index in [2.05, 4.69) is 15.3 Å². The first-order valence-corrected chi connectivity index (χ1v) is 13.4. The molecule has 5 rings (SSSR count). The number of alkyl halides is 3. The molecular formula is C29H26ClF4N5O3. The second-order valence-corrected chi connectivity index (χ2v) is 11.3. The number of nitrogens with zero attached hydrogens (tertiary/aromatic N) is 4. The molecule has 3 aromatic heterocycles. The fraction of sp³-hybridized carbons (Fsp3) is 0.310. The number of fused-ring (bicyclic) bond motifs is 1. The number of likely N-dealkylation sites (tertiary alicyclic amines) is 1. The molecule has 13 heteroatoms. The second kappa shape index (κ2) is 10.9. The highest BCUT2D eigenvalue weighted by Gasteiger charge is 2.37. The van der Waals surface area contributed by atoms with E-state index in [1.54, 1.807) is 32.9 Å². The molecule has 0 spiro atoms. The molecule has 1 unspecified atom stereocenters. The van der Waals surface area contributed by atoms with Crippen molar-refractivity contribution in [3.8, 4) is 11.1 Å². The minimum absolute atomic E-state index is 0.0135. The van der Waals surface area contributed by atoms with Crippen LogP contribution in [-0.4, -0.2) is 50.0 Å². The predicted molar refractivity (Wildman–Crippen MR) is 148 cm³/mol. The highest BCUT2D eigenvalue weighted by molar-refractivity contribution is 6.33. The van der Waals surface area contributed by atoms with Gasteiger partial charge in [0.2, 0.25) is 0 Å². The van der Waals surface area contributed by atoms with Crippen molar-refractivity contribution in [2.24, 2.45) is 0 Å². The topological polar surface area (TPSA) is 88.8 Å². The third kappa shape index (κ3) is 6.03. The predicted octanol–water partition coefficient (Wildman–Crippen LogP) is 7.18. The molecule has 4 heterocycles. The number of hydrogen-bond acceptors (Lipinski definition) is 5. The Labute approximate surface area is 243 Å². The molecule has 1 aliphatic heterocycles. The lowest BCUT2D eigenvalue weighted by Gasteiger charge is -2.20. The number of pyridine rings is 2. The van der Waals surface area contributed by atoms with Crippen LogP contribution in [0.25, 0.3) is 16.8 Å². The van der Waals surface area contributed by atoms with Crippen molar-refractivity contribution in [2.45, 2.75) is 44.9 Å². The summed E-state index contributed by atoms with van der Waals surface area (Å²) < 4.78 is 62.9. The molecule has 0 radical (unpaired) electrons. The minimum atomic E-state index is -4.86. The molecule has 220 valence electrons. The van der Waals surface area contributed by atoms with Gasteiger partial charge in [-0.1, -0.05) is 23.7 Å². The quantitative estimate of drug-likeness (QED) is 0.250. The van der Waals surface area contributed by atoms with E-state index in [0.717, 1.165) is 16.0 Å². The summed E-state index contributed by atoms with van der Waals surface area (Å²) in [6.45, 7) is 5.54. The Hall–Kier alpha value is -4.19. The van der Waals surface area contributed by atoms with E-state index in [9.17, 15) is 27.2 Å². The summed E-state index contributed by atoms with van der Waals surface area (Å²) in [5.41, 5.74) is -1.94. The van der Waals surface area contributed by atoms with Crippen molar-refractivity contribution >= 4 is 35.1 Å². The summed E-state index contributed by atoms with van der Waals surface area (Å²) in [5.74, 6) is -1.20. The van der Waals surface area contributed by atoms with Crippen molar-refractivity contribution in [3.63, 3.8) is 0 Å². The second-order valence-electron chi connectivity index (χ2n) is 10.9. The number of nitrogens with one attached hydrogen (secondary N) is 1. The number of carbonyl (C=O) groups is 2. The molecule has 1 aromatic carbocycles. The molecule has 1 atom stereocenters. The number of carbonyl (C=O) groups excluding carboxylic acids is 2. The van der Waals surface area contributed by atoms with Crippen LogP contribution in [0, 0.1) is 5.82 Å². The van der Waals surface area contributed by atoms with Crippen LogP contribution in [0.2, 0.25) is 5.15 Å². The summed E-state index contributed by atoms with van der Waals surface area (Å²) in [5, 5.41) is 2.17. The van der Waals surface area contributed by atoms with Crippen LogP contribution < -0.4 is 5.32 Å². The van der Waals surface area contributed by atoms with Crippen molar-refractivity contribution in [2.75, 3.05) is 18.4 Å². The van der Waals surface area contributed by atoms with Crippen molar-refractivity contribution < 1.29 is 31.9 Å². The van der Waals surface area contributed by atoms with Gasteiger partial charge in [0.25, 0.3) is 5.91 Å². The summed E-state index contributed by atoms with van der Waals surface area (Å²) in [6, 6.07) is 9.92. The number of ether oxygens (including phenoxy) is 1. The third-order valence-corrected chi connectivity index (χ3v) is 7.06. The van der Waals surface area contributed by atoms with Crippen molar-refractivity contribution in [1.29, 1.82) is 0 Å². The molecule has 1 aliphatic rings. The maximum absolute atomic E-state index is 14.3. The molecule has 4 aromatic rings. The molecule has 1 N–H and O–H groups in total. The Morgan fingerprint density at radius 1 is 1.12 bits per heavy atom. The van der Waals surface area contributed by atoms with Crippen LogP contribution in [-0.2, 0) is 10.9 Å². The van der Waals surface area contributed by atoms with E-state index in [-0.39, 0.29) is 40.3 Å². The van der Waals surface area contributed by atoms with Crippen LogP contribution in [0.15, 0.2) is 54.9 Å². The van der Waals surface area contributed by atoms with Gasteiger partial charge in [0.1, 0.15) is 22.4 Å². The van der Waals surface area contributed by atoms with Crippen LogP contribution in [0.5, 0.6) is 0 Å². The maximum atomic E-state index is 14.3. The lowest BCUT2D eigenvalue weighted by molar-refractivity contribution is -0.136. The molecule has 1 fully saturated rings. The lowest BCUT2D eigenvalue weighted by atomic mass is 9.98. The Kier molecular flexibility index (Phi) is 7.61. The van der Waals surface area contributed by atoms with Crippen LogP contribution in [0.1, 0.15) is 54.7 Å². The highest BCUT2D eigenvalue weighted by atomic mass is 35.5. The fourth-order valence-corrected chi connectivity index (χ4v) is 5.13. The van der Waals surface area contributed by atoms with Gasteiger partial charge in [0, 0.05) is 42.5 Å². The Balaban J connectivity index is 1.52. The van der Waals surface area contributed by atoms with Gasteiger partial charge in [-0.15, -0.1) is 0 Å². The van der Waals surface area contributed by atoms with Gasteiger partial charge >= 0.3 is 12.3 Å².